The van der Waals surface area contributed by atoms with Gasteiger partial charge in [0, 0.05) is 12.8 Å². The number of hydrogen-bond acceptors (Lipinski definition) is 8. The zero-order chi connectivity index (χ0) is 45.0. The van der Waals surface area contributed by atoms with Gasteiger partial charge in [0.2, 0.25) is 0 Å². The highest BCUT2D eigenvalue weighted by atomic mass is 31.2. The smallest absolute Gasteiger partial charge is 0.306 e. The molecule has 9 nitrogen and oxygen atoms in total. The van der Waals surface area contributed by atoms with Crippen molar-refractivity contribution in [2.45, 2.75) is 245 Å². The first-order valence-corrected chi connectivity index (χ1v) is 27.0. The van der Waals surface area contributed by atoms with E-state index in [1.807, 2.05) is 21.1 Å². The minimum Gasteiger partial charge on any atom is -0.756 e. The van der Waals surface area contributed by atoms with Gasteiger partial charge >= 0.3 is 11.9 Å². The molecule has 0 bridgehead atoms. The molecule has 2 atom stereocenters. The van der Waals surface area contributed by atoms with E-state index in [4.69, 9.17) is 18.5 Å². The Morgan fingerprint density at radius 2 is 0.885 bits per heavy atom. The van der Waals surface area contributed by atoms with Crippen LogP contribution >= 0.6 is 7.82 Å². The molecule has 0 radical (unpaired) electrons. The van der Waals surface area contributed by atoms with Crippen LogP contribution in [0.25, 0.3) is 0 Å². The van der Waals surface area contributed by atoms with Gasteiger partial charge in [0.25, 0.3) is 7.82 Å². The molecule has 0 amide bonds. The lowest BCUT2D eigenvalue weighted by molar-refractivity contribution is -0.870. The minimum atomic E-state index is -4.63. The zero-order valence-electron chi connectivity index (χ0n) is 40.6. The van der Waals surface area contributed by atoms with E-state index in [0.29, 0.717) is 17.4 Å². The number of ether oxygens (including phenoxy) is 2. The molecule has 0 N–H and O–H groups in total. The van der Waals surface area contributed by atoms with Gasteiger partial charge in [0.15, 0.2) is 6.10 Å². The number of nitrogens with zero attached hydrogens (tertiary/aromatic N) is 1. The summed E-state index contributed by atoms with van der Waals surface area (Å²) >= 11 is 0. The summed E-state index contributed by atoms with van der Waals surface area (Å²) in [5.41, 5.74) is 0. The lowest BCUT2D eigenvalue weighted by Gasteiger charge is -2.28. The Bertz CT molecular complexity index is 1090. The van der Waals surface area contributed by atoms with Crippen molar-refractivity contribution in [2.24, 2.45) is 0 Å². The van der Waals surface area contributed by atoms with Crippen LogP contribution in [0.15, 0.2) is 24.3 Å². The molecule has 0 rings (SSSR count). The predicted molar refractivity (Wildman–Crippen MR) is 254 cm³/mol. The molecule has 0 aromatic rings. The van der Waals surface area contributed by atoms with Gasteiger partial charge in [-0.15, -0.1) is 0 Å². The average molecular weight is 884 g/mol. The van der Waals surface area contributed by atoms with Gasteiger partial charge < -0.3 is 27.9 Å². The summed E-state index contributed by atoms with van der Waals surface area (Å²) in [5.74, 6) is -0.827. The number of carbonyl (C=O) groups excluding carboxylic acids is 2. The highest BCUT2D eigenvalue weighted by molar-refractivity contribution is 7.45. The van der Waals surface area contributed by atoms with Crippen molar-refractivity contribution in [1.29, 1.82) is 0 Å². The quantitative estimate of drug-likeness (QED) is 0.0195. The molecular formula is C51H98NO8P. The SMILES string of the molecule is CCCCC/C=C/C/C=C/CCCCCCCCCCCC(=O)O[C@H](COC(=O)CCCCCCCCCCCCCCCCCCCC)COP(=O)([O-])OCC[N+](C)(C)C. The van der Waals surface area contributed by atoms with E-state index in [2.05, 4.69) is 38.2 Å². The number of hydrogen-bond donors (Lipinski definition) is 0. The van der Waals surface area contributed by atoms with Crippen LogP contribution in [0.5, 0.6) is 0 Å². The molecule has 10 heteroatoms. The third-order valence-corrected chi connectivity index (χ3v) is 12.2. The lowest BCUT2D eigenvalue weighted by Crippen LogP contribution is -2.37. The number of phosphoric ester groups is 1. The molecule has 0 spiro atoms. The lowest BCUT2D eigenvalue weighted by atomic mass is 10.0. The van der Waals surface area contributed by atoms with Crippen LogP contribution in [0.4, 0.5) is 0 Å². The Morgan fingerprint density at radius 1 is 0.508 bits per heavy atom. The van der Waals surface area contributed by atoms with E-state index in [9.17, 15) is 19.0 Å². The van der Waals surface area contributed by atoms with Crippen LogP contribution in [0.3, 0.4) is 0 Å². The molecule has 0 aromatic carbocycles. The molecular weight excluding hydrogens is 786 g/mol. The monoisotopic (exact) mass is 884 g/mol. The summed E-state index contributed by atoms with van der Waals surface area (Å²) in [5, 5.41) is 0. The molecule has 0 heterocycles. The third-order valence-electron chi connectivity index (χ3n) is 11.2. The first-order valence-electron chi connectivity index (χ1n) is 25.5. The number of quaternary nitrogens is 1. The fourth-order valence-corrected chi connectivity index (χ4v) is 7.94. The van der Waals surface area contributed by atoms with E-state index < -0.39 is 26.5 Å². The fraction of sp³-hybridized carbons (Fsp3) is 0.882. The Morgan fingerprint density at radius 3 is 1.33 bits per heavy atom. The van der Waals surface area contributed by atoms with Gasteiger partial charge in [-0.3, -0.25) is 14.2 Å². The maximum Gasteiger partial charge on any atom is 0.306 e. The summed E-state index contributed by atoms with van der Waals surface area (Å²) in [4.78, 5) is 37.7. The summed E-state index contributed by atoms with van der Waals surface area (Å²) in [6.07, 6.45) is 49.1. The Hall–Kier alpha value is -1.51. The summed E-state index contributed by atoms with van der Waals surface area (Å²) in [6, 6.07) is 0. The van der Waals surface area contributed by atoms with E-state index in [1.54, 1.807) is 0 Å². The topological polar surface area (TPSA) is 111 Å². The molecule has 0 fully saturated rings. The zero-order valence-corrected chi connectivity index (χ0v) is 41.5. The average Bonchev–Trinajstić information content (AvgIpc) is 3.21. The normalized spacial score (nSPS) is 13.6. The fourth-order valence-electron chi connectivity index (χ4n) is 7.22. The van der Waals surface area contributed by atoms with Crippen molar-refractivity contribution in [1.82, 2.24) is 0 Å². The van der Waals surface area contributed by atoms with E-state index in [1.165, 1.54) is 154 Å². The first-order chi connectivity index (χ1) is 29.5. The molecule has 0 aliphatic rings. The van der Waals surface area contributed by atoms with Crippen LogP contribution in [0.2, 0.25) is 0 Å². The highest BCUT2D eigenvalue weighted by Gasteiger charge is 2.21. The standard InChI is InChI=1S/C51H98NO8P/c1-6-8-10-12-14-16-18-20-22-24-26-28-30-32-34-36-38-40-42-44-51(54)60-49(48-59-61(55,56)58-46-45-52(3,4)5)47-57-50(53)43-41-39-37-35-33-31-29-27-25-23-21-19-17-15-13-11-9-7-2/h14,16,20,22,49H,6-13,15,17-19,21,23-48H2,1-5H3/b16-14+,22-20+/t49-/m1/s1. The summed E-state index contributed by atoms with van der Waals surface area (Å²) < 4.78 is 34.1. The maximum atomic E-state index is 12.7. The molecule has 61 heavy (non-hydrogen) atoms. The molecule has 0 aliphatic carbocycles. The van der Waals surface area contributed by atoms with Crippen LogP contribution < -0.4 is 4.89 Å². The second-order valence-corrected chi connectivity index (χ2v) is 20.0. The van der Waals surface area contributed by atoms with Crippen molar-refractivity contribution in [3.63, 3.8) is 0 Å². The van der Waals surface area contributed by atoms with Gasteiger partial charge in [-0.25, -0.2) is 0 Å². The van der Waals surface area contributed by atoms with E-state index in [-0.39, 0.29) is 32.0 Å². The highest BCUT2D eigenvalue weighted by Crippen LogP contribution is 2.38. The van der Waals surface area contributed by atoms with Crippen LogP contribution in [0, 0.1) is 0 Å². The van der Waals surface area contributed by atoms with Crippen molar-refractivity contribution in [2.75, 3.05) is 47.5 Å². The van der Waals surface area contributed by atoms with Gasteiger partial charge in [-0.2, -0.15) is 0 Å². The number of esters is 2. The third kappa shape index (κ3) is 47.8. The van der Waals surface area contributed by atoms with Crippen LogP contribution in [-0.2, 0) is 32.7 Å². The molecule has 360 valence electrons. The van der Waals surface area contributed by atoms with Gasteiger partial charge in [-0.1, -0.05) is 205 Å². The van der Waals surface area contributed by atoms with Crippen LogP contribution in [0.1, 0.15) is 239 Å². The number of carbonyl (C=O) groups is 2. The number of unbranched alkanes of at least 4 members (excludes halogenated alkanes) is 29. The van der Waals surface area contributed by atoms with Crippen molar-refractivity contribution >= 4 is 19.8 Å². The van der Waals surface area contributed by atoms with E-state index in [0.717, 1.165) is 51.4 Å². The molecule has 0 aromatic heterocycles. The predicted octanol–water partition coefficient (Wildman–Crippen LogP) is 14.5. The van der Waals surface area contributed by atoms with Crippen molar-refractivity contribution in [3.8, 4) is 0 Å². The van der Waals surface area contributed by atoms with Gasteiger partial charge in [-0.05, 0) is 44.9 Å². The van der Waals surface area contributed by atoms with E-state index >= 15 is 0 Å². The minimum absolute atomic E-state index is 0.0295. The number of rotatable bonds is 47. The number of likely N-dealkylation sites (N-methyl/N-ethyl adjacent to an activating group) is 1. The molecule has 0 saturated heterocycles. The van der Waals surface area contributed by atoms with Gasteiger partial charge in [0.1, 0.15) is 19.8 Å². The second kappa shape index (κ2) is 43.7. The largest absolute Gasteiger partial charge is 0.756 e. The maximum absolute atomic E-state index is 12.7. The van der Waals surface area contributed by atoms with Gasteiger partial charge in [0.05, 0.1) is 27.7 Å². The van der Waals surface area contributed by atoms with Crippen molar-refractivity contribution < 1.29 is 42.1 Å². The Labute approximate surface area is 377 Å². The number of allylic oxidation sites excluding steroid dienone is 4. The Balaban J connectivity index is 4.24. The summed E-state index contributed by atoms with van der Waals surface area (Å²) in [7, 11) is 1.17. The Kier molecular flexibility index (Phi) is 42.6. The summed E-state index contributed by atoms with van der Waals surface area (Å²) in [6.45, 7) is 4.24. The molecule has 0 aliphatic heterocycles. The second-order valence-electron chi connectivity index (χ2n) is 18.5. The van der Waals surface area contributed by atoms with Crippen molar-refractivity contribution in [3.05, 3.63) is 24.3 Å². The molecule has 1 unspecified atom stereocenters. The number of phosphoric acid groups is 1. The first kappa shape index (κ1) is 59.5. The van der Waals surface area contributed by atoms with Crippen LogP contribution in [-0.4, -0.2) is 70.0 Å². The molecule has 0 saturated carbocycles.